The zero-order valence-corrected chi connectivity index (χ0v) is 11.8. The largest absolute Gasteiger partial charge is 0.401 e. The van der Waals surface area contributed by atoms with Crippen LogP contribution in [0.25, 0.3) is 0 Å². The summed E-state index contributed by atoms with van der Waals surface area (Å²) < 4.78 is 47.8. The van der Waals surface area contributed by atoms with Gasteiger partial charge in [-0.2, -0.15) is 13.2 Å². The number of halogens is 3. The maximum absolute atomic E-state index is 12.3. The molecule has 2 fully saturated rings. The molecular formula is C13H23F3N2O2. The van der Waals surface area contributed by atoms with E-state index in [0.717, 1.165) is 19.3 Å². The normalized spacial score (nSPS) is 30.0. The van der Waals surface area contributed by atoms with Gasteiger partial charge in [-0.3, -0.25) is 4.90 Å². The second-order valence-corrected chi connectivity index (χ2v) is 5.74. The molecule has 1 N–H and O–H groups in total. The van der Waals surface area contributed by atoms with E-state index in [-0.39, 0.29) is 11.6 Å². The lowest BCUT2D eigenvalue weighted by Crippen LogP contribution is -2.50. The lowest BCUT2D eigenvalue weighted by atomic mass is 10.00. The Morgan fingerprint density at radius 1 is 1.35 bits per heavy atom. The summed E-state index contributed by atoms with van der Waals surface area (Å²) in [5, 5.41) is 3.43. The van der Waals surface area contributed by atoms with E-state index in [2.05, 4.69) is 5.32 Å². The Kier molecular flexibility index (Phi) is 5.28. The van der Waals surface area contributed by atoms with Crippen molar-refractivity contribution in [2.75, 3.05) is 46.5 Å². The van der Waals surface area contributed by atoms with Gasteiger partial charge in [-0.25, -0.2) is 0 Å². The molecule has 0 spiro atoms. The Labute approximate surface area is 117 Å². The molecule has 20 heavy (non-hydrogen) atoms. The van der Waals surface area contributed by atoms with Crippen LogP contribution in [0, 0.1) is 0 Å². The Hall–Kier alpha value is -0.370. The number of alkyl halides is 3. The predicted molar refractivity (Wildman–Crippen MR) is 68.7 cm³/mol. The molecule has 2 aliphatic rings. The van der Waals surface area contributed by atoms with Crippen LogP contribution >= 0.6 is 0 Å². The highest BCUT2D eigenvalue weighted by Crippen LogP contribution is 2.23. The first-order valence-corrected chi connectivity index (χ1v) is 7.08. The van der Waals surface area contributed by atoms with Crippen molar-refractivity contribution >= 4 is 0 Å². The first-order chi connectivity index (χ1) is 9.42. The second-order valence-electron chi connectivity index (χ2n) is 5.74. The molecule has 0 aromatic heterocycles. The number of likely N-dealkylation sites (tertiary alicyclic amines) is 1. The minimum atomic E-state index is -4.10. The van der Waals surface area contributed by atoms with Gasteiger partial charge in [0, 0.05) is 32.7 Å². The van der Waals surface area contributed by atoms with E-state index < -0.39 is 12.7 Å². The molecule has 2 heterocycles. The third-order valence-electron chi connectivity index (χ3n) is 4.20. The van der Waals surface area contributed by atoms with Gasteiger partial charge in [-0.1, -0.05) is 0 Å². The van der Waals surface area contributed by atoms with E-state index in [1.165, 1.54) is 4.90 Å². The lowest BCUT2D eigenvalue weighted by molar-refractivity contribution is -0.148. The van der Waals surface area contributed by atoms with Gasteiger partial charge in [0.1, 0.15) is 5.60 Å². The van der Waals surface area contributed by atoms with Crippen LogP contribution in [0.2, 0.25) is 0 Å². The smallest absolute Gasteiger partial charge is 0.378 e. The van der Waals surface area contributed by atoms with Crippen molar-refractivity contribution in [2.45, 2.75) is 37.1 Å². The van der Waals surface area contributed by atoms with Gasteiger partial charge in [0.15, 0.2) is 0 Å². The van der Waals surface area contributed by atoms with Crippen molar-refractivity contribution < 1.29 is 22.6 Å². The number of nitrogens with zero attached hydrogens (tertiary/aromatic N) is 1. The molecule has 1 unspecified atom stereocenters. The summed E-state index contributed by atoms with van der Waals surface area (Å²) in [5.74, 6) is 0. The third kappa shape index (κ3) is 4.58. The van der Waals surface area contributed by atoms with E-state index in [9.17, 15) is 13.2 Å². The highest BCUT2D eigenvalue weighted by molar-refractivity contribution is 4.89. The fourth-order valence-corrected chi connectivity index (χ4v) is 2.84. The van der Waals surface area contributed by atoms with E-state index in [4.69, 9.17) is 9.47 Å². The zero-order chi connectivity index (χ0) is 14.6. The van der Waals surface area contributed by atoms with Crippen molar-refractivity contribution in [3.63, 3.8) is 0 Å². The van der Waals surface area contributed by atoms with Crippen LogP contribution < -0.4 is 5.32 Å². The average Bonchev–Trinajstić information content (AvgIpc) is 2.86. The Balaban J connectivity index is 1.69. The van der Waals surface area contributed by atoms with Crippen LogP contribution in [-0.4, -0.2) is 69.2 Å². The maximum atomic E-state index is 12.3. The molecule has 7 heteroatoms. The summed E-state index contributed by atoms with van der Waals surface area (Å²) >= 11 is 0. The van der Waals surface area contributed by atoms with Crippen LogP contribution in [0.1, 0.15) is 19.3 Å². The molecule has 0 aromatic carbocycles. The van der Waals surface area contributed by atoms with Crippen molar-refractivity contribution in [1.82, 2.24) is 10.2 Å². The lowest BCUT2D eigenvalue weighted by Gasteiger charge is -2.35. The highest BCUT2D eigenvalue weighted by atomic mass is 19.4. The molecule has 4 nitrogen and oxygen atoms in total. The number of methoxy groups -OCH3 is 1. The van der Waals surface area contributed by atoms with Gasteiger partial charge >= 0.3 is 6.18 Å². The maximum Gasteiger partial charge on any atom is 0.401 e. The Bertz CT molecular complexity index is 298. The van der Waals surface area contributed by atoms with Crippen LogP contribution in [0.15, 0.2) is 0 Å². The van der Waals surface area contributed by atoms with Gasteiger partial charge in [0.25, 0.3) is 0 Å². The van der Waals surface area contributed by atoms with Crippen molar-refractivity contribution in [2.24, 2.45) is 0 Å². The van der Waals surface area contributed by atoms with Crippen molar-refractivity contribution in [3.05, 3.63) is 0 Å². The molecule has 118 valence electrons. The quantitative estimate of drug-likeness (QED) is 0.832. The molecule has 0 aliphatic carbocycles. The first kappa shape index (κ1) is 16.0. The van der Waals surface area contributed by atoms with Gasteiger partial charge in [0.2, 0.25) is 0 Å². The van der Waals surface area contributed by atoms with Crippen molar-refractivity contribution in [3.8, 4) is 0 Å². The molecule has 0 amide bonds. The van der Waals surface area contributed by atoms with Crippen LogP contribution in [0.3, 0.4) is 0 Å². The van der Waals surface area contributed by atoms with Gasteiger partial charge in [-0.05, 0) is 25.9 Å². The molecule has 2 aliphatic heterocycles. The molecule has 2 rings (SSSR count). The van der Waals surface area contributed by atoms with Crippen molar-refractivity contribution in [1.29, 1.82) is 0 Å². The van der Waals surface area contributed by atoms with Crippen LogP contribution in [-0.2, 0) is 9.47 Å². The summed E-state index contributed by atoms with van der Waals surface area (Å²) in [6, 6.07) is 0.270. The van der Waals surface area contributed by atoms with Crippen LogP contribution in [0.4, 0.5) is 13.2 Å². The number of rotatable bonds is 5. The molecule has 1 atom stereocenters. The predicted octanol–water partition coefficient (Wildman–Crippen LogP) is 1.41. The molecule has 0 bridgehead atoms. The summed E-state index contributed by atoms with van der Waals surface area (Å²) in [5.41, 5.74) is -0.261. The summed E-state index contributed by atoms with van der Waals surface area (Å²) in [6.07, 6.45) is -1.74. The molecular weight excluding hydrogens is 273 g/mol. The summed E-state index contributed by atoms with van der Waals surface area (Å²) in [7, 11) is 1.68. The Morgan fingerprint density at radius 2 is 2.05 bits per heavy atom. The van der Waals surface area contributed by atoms with E-state index in [0.29, 0.717) is 32.8 Å². The molecule has 0 saturated carbocycles. The number of hydrogen-bond donors (Lipinski definition) is 1. The number of hydrogen-bond acceptors (Lipinski definition) is 4. The first-order valence-electron chi connectivity index (χ1n) is 7.08. The number of nitrogens with one attached hydrogen (secondary N) is 1. The highest BCUT2D eigenvalue weighted by Gasteiger charge is 2.36. The van der Waals surface area contributed by atoms with Gasteiger partial charge in [0.05, 0.1) is 13.2 Å². The fourth-order valence-electron chi connectivity index (χ4n) is 2.84. The topological polar surface area (TPSA) is 33.7 Å². The molecule has 2 saturated heterocycles. The van der Waals surface area contributed by atoms with E-state index >= 15 is 0 Å². The monoisotopic (exact) mass is 296 g/mol. The van der Waals surface area contributed by atoms with Crippen LogP contribution in [0.5, 0.6) is 0 Å². The number of piperidine rings is 1. The average molecular weight is 296 g/mol. The van der Waals surface area contributed by atoms with E-state index in [1.807, 2.05) is 0 Å². The fraction of sp³-hybridized carbons (Fsp3) is 1.00. The second kappa shape index (κ2) is 6.60. The summed E-state index contributed by atoms with van der Waals surface area (Å²) in [6.45, 7) is 2.19. The minimum Gasteiger partial charge on any atom is -0.378 e. The zero-order valence-electron chi connectivity index (χ0n) is 11.8. The number of ether oxygens (including phenoxy) is 2. The van der Waals surface area contributed by atoms with Gasteiger partial charge in [-0.15, -0.1) is 0 Å². The third-order valence-corrected chi connectivity index (χ3v) is 4.20. The minimum absolute atomic E-state index is 0.261. The van der Waals surface area contributed by atoms with Gasteiger partial charge < -0.3 is 14.8 Å². The molecule has 0 aromatic rings. The summed E-state index contributed by atoms with van der Waals surface area (Å²) in [4.78, 5) is 1.48. The molecule has 0 radical (unpaired) electrons. The standard InChI is InChI=1S/C13H23F3N2O2/c1-19-12(4-7-20-10-12)8-17-11-2-5-18(6-3-11)9-13(14,15)16/h11,17H,2-10H2,1H3. The SMILES string of the molecule is COC1(CNC2CCN(CC(F)(F)F)CC2)CCOC1. The Morgan fingerprint density at radius 3 is 2.55 bits per heavy atom. The van der Waals surface area contributed by atoms with E-state index in [1.54, 1.807) is 7.11 Å².